The molecule has 0 radical (unpaired) electrons. The molecule has 3 atom stereocenters. The van der Waals surface area contributed by atoms with Crippen LogP contribution in [0.4, 0.5) is 10.1 Å². The minimum Gasteiger partial charge on any atom is -0.325 e. The van der Waals surface area contributed by atoms with Gasteiger partial charge in [0, 0.05) is 36.9 Å². The van der Waals surface area contributed by atoms with Gasteiger partial charge >= 0.3 is 0 Å². The molecule has 2 bridgehead atoms. The molecule has 1 aromatic heterocycles. The number of halogens is 1. The van der Waals surface area contributed by atoms with E-state index >= 15 is 0 Å². The Morgan fingerprint density at radius 2 is 2.30 bits per heavy atom. The summed E-state index contributed by atoms with van der Waals surface area (Å²) in [6.45, 7) is 0.639. The maximum atomic E-state index is 14.0. The molecule has 0 amide bonds. The zero-order valence-corrected chi connectivity index (χ0v) is 11.2. The van der Waals surface area contributed by atoms with Crippen LogP contribution in [0.15, 0.2) is 29.5 Å². The Labute approximate surface area is 117 Å². The number of aliphatic imine (C=N–C) groups is 1. The van der Waals surface area contributed by atoms with Crippen LogP contribution in [-0.2, 0) is 0 Å². The van der Waals surface area contributed by atoms with E-state index in [4.69, 9.17) is 0 Å². The smallest absolute Gasteiger partial charge is 0.236 e. The van der Waals surface area contributed by atoms with Gasteiger partial charge in [0.2, 0.25) is 5.95 Å². The highest BCUT2D eigenvalue weighted by Gasteiger charge is 2.40. The Morgan fingerprint density at radius 1 is 1.35 bits per heavy atom. The number of pyridine rings is 1. The number of anilines is 1. The maximum Gasteiger partial charge on any atom is 0.236 e. The van der Waals surface area contributed by atoms with Gasteiger partial charge in [-0.1, -0.05) is 0 Å². The van der Waals surface area contributed by atoms with Gasteiger partial charge in [-0.2, -0.15) is 4.39 Å². The van der Waals surface area contributed by atoms with Gasteiger partial charge in [0.15, 0.2) is 0 Å². The summed E-state index contributed by atoms with van der Waals surface area (Å²) in [5, 5.41) is 3.62. The Kier molecular flexibility index (Phi) is 2.80. The van der Waals surface area contributed by atoms with E-state index in [1.165, 1.54) is 12.8 Å². The predicted octanol–water partition coefficient (Wildman–Crippen LogP) is 2.19. The first kappa shape index (κ1) is 12.0. The minimum absolute atomic E-state index is 0.424. The number of aromatic nitrogens is 1. The van der Waals surface area contributed by atoms with Crippen LogP contribution in [0.2, 0.25) is 0 Å². The lowest BCUT2D eigenvalue weighted by Crippen LogP contribution is -2.25. The summed E-state index contributed by atoms with van der Waals surface area (Å²) < 4.78 is 14.0. The molecule has 1 N–H and O–H groups in total. The lowest BCUT2D eigenvalue weighted by Gasteiger charge is -2.24. The second-order valence-electron chi connectivity index (χ2n) is 5.77. The number of hydrogen-bond acceptors (Lipinski definition) is 4. The normalized spacial score (nSPS) is 31.2. The van der Waals surface area contributed by atoms with Crippen molar-refractivity contribution in [3.63, 3.8) is 0 Å². The second kappa shape index (κ2) is 4.66. The van der Waals surface area contributed by atoms with Gasteiger partial charge in [-0.15, -0.1) is 0 Å². The summed E-state index contributed by atoms with van der Waals surface area (Å²) in [5.74, 6) is 0.0458. The zero-order valence-electron chi connectivity index (χ0n) is 11.2. The van der Waals surface area contributed by atoms with Crippen molar-refractivity contribution >= 4 is 12.0 Å². The van der Waals surface area contributed by atoms with Gasteiger partial charge in [0.25, 0.3) is 0 Å². The van der Waals surface area contributed by atoms with Crippen molar-refractivity contribution in [1.82, 2.24) is 10.3 Å². The Hall–Kier alpha value is -1.75. The first-order valence-corrected chi connectivity index (χ1v) is 7.18. The topological polar surface area (TPSA) is 40.5 Å². The van der Waals surface area contributed by atoms with Crippen molar-refractivity contribution in [1.29, 1.82) is 0 Å². The fourth-order valence-corrected chi connectivity index (χ4v) is 3.60. The van der Waals surface area contributed by atoms with E-state index in [2.05, 4.69) is 15.3 Å². The van der Waals surface area contributed by atoms with Gasteiger partial charge in [0.1, 0.15) is 0 Å². The quantitative estimate of drug-likeness (QED) is 0.839. The third-order valence-corrected chi connectivity index (χ3v) is 4.58. The van der Waals surface area contributed by atoms with E-state index in [1.54, 1.807) is 23.6 Å². The molecule has 4 nitrogen and oxygen atoms in total. The molecule has 104 valence electrons. The summed E-state index contributed by atoms with van der Waals surface area (Å²) in [6.07, 6.45) is 10.6. The maximum absolute atomic E-state index is 14.0. The van der Waals surface area contributed by atoms with Crippen molar-refractivity contribution in [3.05, 3.63) is 36.1 Å². The SMILES string of the molecule is Fc1ncc(C2CC3CCC2N3)cc1N1C=NC=CC1. The van der Waals surface area contributed by atoms with Crippen molar-refractivity contribution < 1.29 is 4.39 Å². The highest BCUT2D eigenvalue weighted by Crippen LogP contribution is 2.40. The van der Waals surface area contributed by atoms with Crippen molar-refractivity contribution in [2.24, 2.45) is 4.99 Å². The molecule has 1 aromatic rings. The summed E-state index contributed by atoms with van der Waals surface area (Å²) in [6, 6.07) is 3.12. The molecule has 20 heavy (non-hydrogen) atoms. The van der Waals surface area contributed by atoms with Crippen molar-refractivity contribution in [2.75, 3.05) is 11.4 Å². The molecule has 3 aliphatic heterocycles. The van der Waals surface area contributed by atoms with Gasteiger partial charge in [-0.3, -0.25) is 0 Å². The number of nitrogens with zero attached hydrogens (tertiary/aromatic N) is 3. The second-order valence-corrected chi connectivity index (χ2v) is 5.77. The molecule has 0 saturated carbocycles. The Morgan fingerprint density at radius 3 is 3.00 bits per heavy atom. The summed E-state index contributed by atoms with van der Waals surface area (Å²) in [7, 11) is 0. The summed E-state index contributed by atoms with van der Waals surface area (Å²) in [4.78, 5) is 9.81. The van der Waals surface area contributed by atoms with Crippen LogP contribution in [0.25, 0.3) is 0 Å². The number of nitrogens with one attached hydrogen (secondary N) is 1. The van der Waals surface area contributed by atoms with Crippen LogP contribution < -0.4 is 10.2 Å². The fraction of sp³-hybridized carbons (Fsp3) is 0.467. The average Bonchev–Trinajstić information content (AvgIpc) is 3.11. The van der Waals surface area contributed by atoms with Crippen LogP contribution in [0.3, 0.4) is 0 Å². The molecule has 4 heterocycles. The minimum atomic E-state index is -0.424. The Bertz CT molecular complexity index is 583. The molecule has 2 saturated heterocycles. The van der Waals surface area contributed by atoms with E-state index in [-0.39, 0.29) is 0 Å². The molecule has 3 aliphatic rings. The first-order chi connectivity index (χ1) is 9.81. The number of fused-ring (bicyclic) bond motifs is 2. The number of hydrogen-bond donors (Lipinski definition) is 1. The molecule has 5 heteroatoms. The number of rotatable bonds is 2. The standard InChI is InChI=1S/C15H17FN4/c16-15-14(20-5-1-4-17-9-20)6-10(8-18-15)12-7-11-2-3-13(12)19-11/h1,4,6,8-9,11-13,19H,2-3,5,7H2. The summed E-state index contributed by atoms with van der Waals surface area (Å²) in [5.41, 5.74) is 1.67. The molecule has 0 spiro atoms. The third-order valence-electron chi connectivity index (χ3n) is 4.58. The van der Waals surface area contributed by atoms with Gasteiger partial charge in [-0.05, 0) is 37.0 Å². The third kappa shape index (κ3) is 1.93. The molecule has 0 aliphatic carbocycles. The van der Waals surface area contributed by atoms with Crippen molar-refractivity contribution in [3.8, 4) is 0 Å². The van der Waals surface area contributed by atoms with Crippen LogP contribution in [0, 0.1) is 5.95 Å². The van der Waals surface area contributed by atoms with Gasteiger partial charge in [0.05, 0.1) is 12.0 Å². The zero-order chi connectivity index (χ0) is 13.5. The lowest BCUT2D eigenvalue weighted by atomic mass is 9.84. The van der Waals surface area contributed by atoms with E-state index < -0.39 is 5.95 Å². The van der Waals surface area contributed by atoms with E-state index in [0.717, 1.165) is 12.0 Å². The van der Waals surface area contributed by atoms with Crippen LogP contribution in [0.1, 0.15) is 30.7 Å². The molecule has 0 aromatic carbocycles. The highest BCUT2D eigenvalue weighted by atomic mass is 19.1. The molecular formula is C15H17FN4. The van der Waals surface area contributed by atoms with Crippen LogP contribution in [0.5, 0.6) is 0 Å². The van der Waals surface area contributed by atoms with Gasteiger partial charge in [-0.25, -0.2) is 9.98 Å². The van der Waals surface area contributed by atoms with Gasteiger partial charge < -0.3 is 10.2 Å². The average molecular weight is 272 g/mol. The van der Waals surface area contributed by atoms with E-state index in [1.807, 2.05) is 12.1 Å². The Balaban J connectivity index is 1.65. The van der Waals surface area contributed by atoms with Crippen LogP contribution in [-0.4, -0.2) is 30.0 Å². The van der Waals surface area contributed by atoms with E-state index in [9.17, 15) is 4.39 Å². The van der Waals surface area contributed by atoms with E-state index in [0.29, 0.717) is 30.2 Å². The van der Waals surface area contributed by atoms with Crippen molar-refractivity contribution in [2.45, 2.75) is 37.3 Å². The van der Waals surface area contributed by atoms with Crippen LogP contribution >= 0.6 is 0 Å². The molecule has 2 fully saturated rings. The highest BCUT2D eigenvalue weighted by molar-refractivity contribution is 5.80. The fourth-order valence-electron chi connectivity index (χ4n) is 3.60. The molecule has 3 unspecified atom stereocenters. The molecular weight excluding hydrogens is 255 g/mol. The lowest BCUT2D eigenvalue weighted by molar-refractivity contribution is 0.502. The largest absolute Gasteiger partial charge is 0.325 e. The monoisotopic (exact) mass is 272 g/mol. The summed E-state index contributed by atoms with van der Waals surface area (Å²) >= 11 is 0. The predicted molar refractivity (Wildman–Crippen MR) is 76.5 cm³/mol. The molecule has 4 rings (SSSR count). The first-order valence-electron chi connectivity index (χ1n) is 7.18.